The Morgan fingerprint density at radius 1 is 0.684 bits per heavy atom. The van der Waals surface area contributed by atoms with Gasteiger partial charge in [0.25, 0.3) is 0 Å². The fourth-order valence-corrected chi connectivity index (χ4v) is 1.89. The number of para-hydroxylation sites is 3. The number of nitrogens with one attached hydrogen (secondary N) is 2. The lowest BCUT2D eigenvalue weighted by Gasteiger charge is -1.87. The molecule has 0 spiro atoms. The molecule has 94 valence electrons. The Hall–Kier alpha value is -2.41. The van der Waals surface area contributed by atoms with Crippen LogP contribution >= 0.6 is 12.6 Å². The first-order valence-corrected chi connectivity index (χ1v) is 6.03. The molecule has 4 aromatic rings. The maximum absolute atomic E-state index is 4.19. The zero-order chi connectivity index (χ0) is 13.1. The number of benzene rings is 2. The molecule has 0 aliphatic carbocycles. The Labute approximate surface area is 113 Å². The quantitative estimate of drug-likeness (QED) is 0.428. The lowest BCUT2D eigenvalue weighted by atomic mass is 10.3. The molecule has 0 amide bonds. The van der Waals surface area contributed by atoms with Crippen LogP contribution in [0.25, 0.3) is 22.1 Å². The van der Waals surface area contributed by atoms with Gasteiger partial charge in [0.1, 0.15) is 22.1 Å². The van der Waals surface area contributed by atoms with Gasteiger partial charge in [-0.2, -0.15) is 30.8 Å². The van der Waals surface area contributed by atoms with E-state index in [-0.39, 0.29) is 0 Å². The van der Waals surface area contributed by atoms with Gasteiger partial charge in [-0.25, -0.2) is 0 Å². The van der Waals surface area contributed by atoms with Crippen molar-refractivity contribution >= 4 is 34.7 Å². The number of aromatic amines is 2. The van der Waals surface area contributed by atoms with Crippen LogP contribution < -0.4 is 0 Å². The molecule has 0 radical (unpaired) electrons. The van der Waals surface area contributed by atoms with Crippen LogP contribution in [0.3, 0.4) is 0 Å². The largest absolute Gasteiger partial charge is 0.197 e. The highest BCUT2D eigenvalue weighted by Crippen LogP contribution is 2.15. The van der Waals surface area contributed by atoms with E-state index in [1.165, 1.54) is 0 Å². The summed E-state index contributed by atoms with van der Waals surface area (Å²) in [5, 5.41) is 20.6. The Bertz CT molecular complexity index is 776. The van der Waals surface area contributed by atoms with Crippen LogP contribution in [0.5, 0.6) is 0 Å². The molecule has 0 fully saturated rings. The fraction of sp³-hybridized carbons (Fsp3) is 0. The summed E-state index contributed by atoms with van der Waals surface area (Å²) in [6.45, 7) is 0. The Morgan fingerprint density at radius 2 is 1.26 bits per heavy atom. The van der Waals surface area contributed by atoms with E-state index in [1.807, 2.05) is 42.5 Å². The van der Waals surface area contributed by atoms with Crippen LogP contribution in [0.4, 0.5) is 0 Å². The van der Waals surface area contributed by atoms with Crippen molar-refractivity contribution in [3.8, 4) is 0 Å². The molecule has 0 aliphatic heterocycles. The Balaban J connectivity index is 0.000000117. The zero-order valence-corrected chi connectivity index (χ0v) is 10.7. The molecule has 0 saturated carbocycles. The summed E-state index contributed by atoms with van der Waals surface area (Å²) in [4.78, 5) is 0.853. The molecule has 2 aromatic heterocycles. The van der Waals surface area contributed by atoms with E-state index in [0.29, 0.717) is 0 Å². The Morgan fingerprint density at radius 3 is 1.95 bits per heavy atom. The first-order valence-electron chi connectivity index (χ1n) is 5.58. The monoisotopic (exact) mass is 270 g/mol. The highest BCUT2D eigenvalue weighted by atomic mass is 32.1. The molecular formula is C12H10N6S. The average molecular weight is 270 g/mol. The lowest BCUT2D eigenvalue weighted by Crippen LogP contribution is -1.70. The number of aromatic nitrogens is 6. The highest BCUT2D eigenvalue weighted by molar-refractivity contribution is 7.80. The van der Waals surface area contributed by atoms with Crippen molar-refractivity contribution in [3.05, 3.63) is 42.5 Å². The van der Waals surface area contributed by atoms with E-state index in [4.69, 9.17) is 0 Å². The van der Waals surface area contributed by atoms with Gasteiger partial charge in [-0.3, -0.25) is 0 Å². The third kappa shape index (κ3) is 2.41. The van der Waals surface area contributed by atoms with E-state index in [9.17, 15) is 0 Å². The molecule has 19 heavy (non-hydrogen) atoms. The predicted molar refractivity (Wildman–Crippen MR) is 75.0 cm³/mol. The summed E-state index contributed by atoms with van der Waals surface area (Å²) >= 11 is 4.19. The maximum atomic E-state index is 4.19. The van der Waals surface area contributed by atoms with E-state index in [2.05, 4.69) is 43.5 Å². The summed E-state index contributed by atoms with van der Waals surface area (Å²) in [5.41, 5.74) is 3.51. The first kappa shape index (κ1) is 11.7. The number of nitrogens with zero attached hydrogens (tertiary/aromatic N) is 4. The van der Waals surface area contributed by atoms with Crippen molar-refractivity contribution in [1.82, 2.24) is 30.8 Å². The van der Waals surface area contributed by atoms with Crippen LogP contribution in [0.15, 0.2) is 47.4 Å². The molecule has 0 bridgehead atoms. The predicted octanol–water partition coefficient (Wildman–Crippen LogP) is 2.20. The third-order valence-electron chi connectivity index (χ3n) is 2.55. The average Bonchev–Trinajstić information content (AvgIpc) is 3.08. The van der Waals surface area contributed by atoms with Gasteiger partial charge in [0, 0.05) is 4.90 Å². The van der Waals surface area contributed by atoms with Crippen LogP contribution in [0.2, 0.25) is 0 Å². The second-order valence-corrected chi connectivity index (χ2v) is 4.26. The minimum absolute atomic E-state index is 0.825. The number of H-pyrrole nitrogens is 2. The van der Waals surface area contributed by atoms with Gasteiger partial charge in [0.15, 0.2) is 0 Å². The van der Waals surface area contributed by atoms with E-state index in [0.717, 1.165) is 27.0 Å². The normalized spacial score (nSPS) is 10.4. The molecule has 0 saturated heterocycles. The van der Waals surface area contributed by atoms with E-state index in [1.54, 1.807) is 0 Å². The van der Waals surface area contributed by atoms with Crippen molar-refractivity contribution in [2.45, 2.75) is 4.90 Å². The van der Waals surface area contributed by atoms with Gasteiger partial charge in [-0.1, -0.05) is 18.2 Å². The molecular weight excluding hydrogens is 260 g/mol. The zero-order valence-electron chi connectivity index (χ0n) is 9.78. The van der Waals surface area contributed by atoms with Crippen LogP contribution in [0, 0.1) is 0 Å². The number of fused-ring (bicyclic) bond motifs is 2. The molecule has 2 heterocycles. The fourth-order valence-electron chi connectivity index (χ4n) is 1.64. The molecule has 6 nitrogen and oxygen atoms in total. The third-order valence-corrected chi connectivity index (χ3v) is 2.91. The summed E-state index contributed by atoms with van der Waals surface area (Å²) in [5.74, 6) is 0. The van der Waals surface area contributed by atoms with Crippen LogP contribution in [-0.2, 0) is 0 Å². The molecule has 4 rings (SSSR count). The van der Waals surface area contributed by atoms with E-state index >= 15 is 0 Å². The number of thiol groups is 1. The SMILES string of the molecule is Sc1cccc2n[nH]nc12.c1ccc2n[nH]nc2c1. The van der Waals surface area contributed by atoms with Crippen molar-refractivity contribution in [1.29, 1.82) is 0 Å². The van der Waals surface area contributed by atoms with Crippen molar-refractivity contribution in [3.63, 3.8) is 0 Å². The topological polar surface area (TPSA) is 83.1 Å². The number of rotatable bonds is 0. The van der Waals surface area contributed by atoms with Crippen LogP contribution in [0.1, 0.15) is 0 Å². The van der Waals surface area contributed by atoms with Crippen molar-refractivity contribution in [2.75, 3.05) is 0 Å². The first-order chi connectivity index (χ1) is 9.34. The van der Waals surface area contributed by atoms with Gasteiger partial charge in [0.2, 0.25) is 0 Å². The molecule has 0 aliphatic rings. The Kier molecular flexibility index (Phi) is 3.11. The molecule has 2 aromatic carbocycles. The van der Waals surface area contributed by atoms with Gasteiger partial charge < -0.3 is 0 Å². The summed E-state index contributed by atoms with van der Waals surface area (Å²) in [6, 6.07) is 13.4. The summed E-state index contributed by atoms with van der Waals surface area (Å²) in [7, 11) is 0. The van der Waals surface area contributed by atoms with Crippen molar-refractivity contribution < 1.29 is 0 Å². The standard InChI is InChI=1S/C6H5N3S.C6H5N3/c10-5-3-1-2-4-6(5)8-9-7-4;1-2-4-6-5(3-1)7-9-8-6/h1-3,10H,(H,7,8,9);1-4H,(H,7,8,9). The van der Waals surface area contributed by atoms with Gasteiger partial charge in [-0.05, 0) is 24.3 Å². The summed E-state index contributed by atoms with van der Waals surface area (Å²) < 4.78 is 0. The second-order valence-electron chi connectivity index (χ2n) is 3.78. The molecule has 0 atom stereocenters. The molecule has 7 heteroatoms. The number of hydrogen-bond acceptors (Lipinski definition) is 5. The summed E-state index contributed by atoms with van der Waals surface area (Å²) in [6.07, 6.45) is 0. The molecule has 0 unspecified atom stereocenters. The molecule has 2 N–H and O–H groups in total. The van der Waals surface area contributed by atoms with Gasteiger partial charge in [-0.15, -0.1) is 12.6 Å². The maximum Gasteiger partial charge on any atom is 0.126 e. The lowest BCUT2D eigenvalue weighted by molar-refractivity contribution is 0.957. The number of hydrogen-bond donors (Lipinski definition) is 3. The van der Waals surface area contributed by atoms with Gasteiger partial charge in [0.05, 0.1) is 0 Å². The smallest absolute Gasteiger partial charge is 0.126 e. The minimum Gasteiger partial charge on any atom is -0.197 e. The van der Waals surface area contributed by atoms with Gasteiger partial charge >= 0.3 is 0 Å². The van der Waals surface area contributed by atoms with Crippen molar-refractivity contribution in [2.24, 2.45) is 0 Å². The minimum atomic E-state index is 0.825. The van der Waals surface area contributed by atoms with Crippen LogP contribution in [-0.4, -0.2) is 30.8 Å². The highest BCUT2D eigenvalue weighted by Gasteiger charge is 1.98. The second kappa shape index (κ2) is 5.07. The van der Waals surface area contributed by atoms with E-state index < -0.39 is 0 Å².